The van der Waals surface area contributed by atoms with Gasteiger partial charge in [-0.1, -0.05) is 6.07 Å². The molecule has 0 N–H and O–H groups in total. The van der Waals surface area contributed by atoms with E-state index in [9.17, 15) is 17.2 Å². The fourth-order valence-electron chi connectivity index (χ4n) is 1.07. The fraction of sp³-hybridized carbons (Fsp3) is 0.400. The molecule has 0 aliphatic rings. The van der Waals surface area contributed by atoms with Crippen LogP contribution in [0.15, 0.2) is 18.2 Å². The van der Waals surface area contributed by atoms with Gasteiger partial charge in [0, 0.05) is 10.7 Å². The molecule has 4 nitrogen and oxygen atoms in total. The molecule has 0 spiro atoms. The topological polar surface area (TPSA) is 52.6 Å². The van der Waals surface area contributed by atoms with Crippen LogP contribution in [0.1, 0.15) is 0 Å². The van der Waals surface area contributed by atoms with Gasteiger partial charge >= 0.3 is 0 Å². The average Bonchev–Trinajstić information content (AvgIpc) is 2.27. The summed E-state index contributed by atoms with van der Waals surface area (Å²) in [6.07, 6.45) is 0. The molecule has 1 rings (SSSR count). The van der Waals surface area contributed by atoms with Gasteiger partial charge in [0.1, 0.15) is 6.61 Å². The molecule has 18 heavy (non-hydrogen) atoms. The van der Waals surface area contributed by atoms with Crippen LogP contribution in [0.4, 0.5) is 8.78 Å². The van der Waals surface area contributed by atoms with Gasteiger partial charge in [-0.15, -0.1) is 0 Å². The molecule has 0 atom stereocenters. The smallest absolute Gasteiger partial charge is 0.234 e. The molecule has 1 aromatic rings. The molecule has 0 unspecified atom stereocenters. The zero-order valence-electron chi connectivity index (χ0n) is 9.24. The molecule has 102 valence electrons. The van der Waals surface area contributed by atoms with Crippen LogP contribution in [-0.4, -0.2) is 34.0 Å². The molecule has 0 saturated carbocycles. The van der Waals surface area contributed by atoms with Gasteiger partial charge in [-0.2, -0.15) is 4.39 Å². The van der Waals surface area contributed by atoms with Crippen molar-refractivity contribution < 1.29 is 26.7 Å². The summed E-state index contributed by atoms with van der Waals surface area (Å²) < 4.78 is 56.8. The first-order valence-electron chi connectivity index (χ1n) is 4.97. The Morgan fingerprint density at radius 3 is 2.56 bits per heavy atom. The normalized spacial score (nSPS) is 11.5. The summed E-state index contributed by atoms with van der Waals surface area (Å²) in [7, 11) is 1.37. The first-order chi connectivity index (χ1) is 8.40. The summed E-state index contributed by atoms with van der Waals surface area (Å²) in [6, 6.07) is 3.57. The van der Waals surface area contributed by atoms with Gasteiger partial charge in [0.05, 0.1) is 19.0 Å². The largest absolute Gasteiger partial charge is 0.488 e. The number of rotatable bonds is 7. The zero-order valence-corrected chi connectivity index (χ0v) is 10.8. The number of halogens is 3. The lowest BCUT2D eigenvalue weighted by Gasteiger charge is -2.07. The van der Waals surface area contributed by atoms with E-state index in [2.05, 4.69) is 0 Å². The maximum Gasteiger partial charge on any atom is 0.234 e. The van der Waals surface area contributed by atoms with Crippen molar-refractivity contribution in [2.24, 2.45) is 0 Å². The van der Waals surface area contributed by atoms with Crippen molar-refractivity contribution in [1.29, 1.82) is 0 Å². The van der Waals surface area contributed by atoms with Crippen LogP contribution in [0.25, 0.3) is 0 Å². The highest BCUT2D eigenvalue weighted by molar-refractivity contribution is 8.13. The van der Waals surface area contributed by atoms with E-state index in [1.807, 2.05) is 0 Å². The Morgan fingerprint density at radius 1 is 1.17 bits per heavy atom. The van der Waals surface area contributed by atoms with Crippen molar-refractivity contribution >= 4 is 19.7 Å². The number of hydrogen-bond acceptors (Lipinski definition) is 4. The lowest BCUT2D eigenvalue weighted by atomic mass is 10.3. The molecule has 0 aromatic heterocycles. The second-order valence-corrected chi connectivity index (χ2v) is 6.15. The highest BCUT2D eigenvalue weighted by Crippen LogP contribution is 2.18. The monoisotopic (exact) mass is 300 g/mol. The van der Waals surface area contributed by atoms with Gasteiger partial charge in [-0.3, -0.25) is 0 Å². The Labute approximate surface area is 108 Å². The fourth-order valence-corrected chi connectivity index (χ4v) is 1.57. The van der Waals surface area contributed by atoms with E-state index in [0.29, 0.717) is 0 Å². The first kappa shape index (κ1) is 15.1. The number of ether oxygens (including phenoxy) is 2. The van der Waals surface area contributed by atoms with Crippen molar-refractivity contribution in [3.8, 4) is 5.75 Å². The highest BCUT2D eigenvalue weighted by atomic mass is 35.7. The molecular weight excluding hydrogens is 290 g/mol. The van der Waals surface area contributed by atoms with Gasteiger partial charge in [-0.25, -0.2) is 12.8 Å². The van der Waals surface area contributed by atoms with Crippen LogP contribution in [0.2, 0.25) is 0 Å². The van der Waals surface area contributed by atoms with Crippen LogP contribution in [0.3, 0.4) is 0 Å². The van der Waals surface area contributed by atoms with E-state index in [1.54, 1.807) is 0 Å². The lowest BCUT2D eigenvalue weighted by Crippen LogP contribution is -2.12. The minimum atomic E-state index is -3.58. The van der Waals surface area contributed by atoms with Crippen LogP contribution in [0.5, 0.6) is 5.75 Å². The predicted molar refractivity (Wildman–Crippen MR) is 62.3 cm³/mol. The van der Waals surface area contributed by atoms with Crippen molar-refractivity contribution in [2.45, 2.75) is 0 Å². The summed E-state index contributed by atoms with van der Waals surface area (Å²) in [5.41, 5.74) is 0. The summed E-state index contributed by atoms with van der Waals surface area (Å²) in [5, 5.41) is 0. The van der Waals surface area contributed by atoms with Crippen LogP contribution >= 0.6 is 10.7 Å². The highest BCUT2D eigenvalue weighted by Gasteiger charge is 2.08. The molecule has 0 heterocycles. The van der Waals surface area contributed by atoms with Crippen LogP contribution < -0.4 is 4.74 Å². The summed E-state index contributed by atoms with van der Waals surface area (Å²) in [5.74, 6) is -2.60. The quantitative estimate of drug-likeness (QED) is 0.570. The van der Waals surface area contributed by atoms with Crippen molar-refractivity contribution in [3.05, 3.63) is 29.8 Å². The van der Waals surface area contributed by atoms with Gasteiger partial charge in [-0.05, 0) is 12.1 Å². The van der Waals surface area contributed by atoms with E-state index < -0.39 is 20.7 Å². The third-order valence-electron chi connectivity index (χ3n) is 1.87. The molecule has 0 saturated heterocycles. The SMILES string of the molecule is O=S(=O)(Cl)CCOCCOc1cccc(F)c1F. The summed E-state index contributed by atoms with van der Waals surface area (Å²) >= 11 is 0. The van der Waals surface area contributed by atoms with Crippen molar-refractivity contribution in [2.75, 3.05) is 25.6 Å². The van der Waals surface area contributed by atoms with E-state index >= 15 is 0 Å². The molecule has 8 heteroatoms. The molecule has 0 aliphatic carbocycles. The maximum atomic E-state index is 13.1. The van der Waals surface area contributed by atoms with Crippen molar-refractivity contribution in [1.82, 2.24) is 0 Å². The third kappa shape index (κ3) is 5.61. The first-order valence-corrected chi connectivity index (χ1v) is 7.45. The Morgan fingerprint density at radius 2 is 1.89 bits per heavy atom. The van der Waals surface area contributed by atoms with E-state index in [1.165, 1.54) is 12.1 Å². The molecular formula is C10H11ClF2O4S. The maximum absolute atomic E-state index is 13.1. The predicted octanol–water partition coefficient (Wildman–Crippen LogP) is 1.93. The number of benzene rings is 1. The third-order valence-corrected chi connectivity index (χ3v) is 2.99. The van der Waals surface area contributed by atoms with Gasteiger partial charge < -0.3 is 9.47 Å². The summed E-state index contributed by atoms with van der Waals surface area (Å²) in [6.45, 7) is -0.0636. The summed E-state index contributed by atoms with van der Waals surface area (Å²) in [4.78, 5) is 0. The van der Waals surface area contributed by atoms with Gasteiger partial charge in [0.25, 0.3) is 0 Å². The molecule has 1 aromatic carbocycles. The number of hydrogen-bond donors (Lipinski definition) is 0. The Balaban J connectivity index is 2.24. The standard InChI is InChI=1S/C10H11ClF2O4S/c11-18(14,15)7-6-16-4-5-17-9-3-1-2-8(12)10(9)13/h1-3H,4-7H2. The zero-order chi connectivity index (χ0) is 13.6. The Bertz CT molecular complexity index is 493. The second-order valence-electron chi connectivity index (χ2n) is 3.26. The second kappa shape index (κ2) is 6.86. The van der Waals surface area contributed by atoms with Gasteiger partial charge in [0.2, 0.25) is 14.9 Å². The lowest BCUT2D eigenvalue weighted by molar-refractivity contribution is 0.109. The minimum Gasteiger partial charge on any atom is -0.488 e. The van der Waals surface area contributed by atoms with Gasteiger partial charge in [0.15, 0.2) is 11.6 Å². The minimum absolute atomic E-state index is 0.0251. The Hall–Kier alpha value is -0.920. The van der Waals surface area contributed by atoms with E-state index in [0.717, 1.165) is 6.07 Å². The Kier molecular flexibility index (Phi) is 5.77. The molecule has 0 aliphatic heterocycles. The van der Waals surface area contributed by atoms with E-state index in [-0.39, 0.29) is 31.3 Å². The molecule has 0 bridgehead atoms. The van der Waals surface area contributed by atoms with Crippen molar-refractivity contribution in [3.63, 3.8) is 0 Å². The molecule has 0 fully saturated rings. The molecule has 0 radical (unpaired) electrons. The average molecular weight is 301 g/mol. The molecule has 0 amide bonds. The van der Waals surface area contributed by atoms with Crippen LogP contribution in [0, 0.1) is 11.6 Å². The van der Waals surface area contributed by atoms with E-state index in [4.69, 9.17) is 20.2 Å². The van der Waals surface area contributed by atoms with Crippen LogP contribution in [-0.2, 0) is 13.8 Å².